The van der Waals surface area contributed by atoms with E-state index in [4.69, 9.17) is 5.26 Å². The molecule has 6 heteroatoms. The van der Waals surface area contributed by atoms with Crippen LogP contribution in [-0.4, -0.2) is 15.5 Å². The van der Waals surface area contributed by atoms with Gasteiger partial charge in [-0.15, -0.1) is 11.3 Å². The first-order chi connectivity index (χ1) is 12.5. The van der Waals surface area contributed by atoms with Crippen LogP contribution in [-0.2, 0) is 6.54 Å². The zero-order valence-electron chi connectivity index (χ0n) is 15.0. The van der Waals surface area contributed by atoms with Crippen molar-refractivity contribution in [3.8, 4) is 17.3 Å². The number of thiazole rings is 1. The first-order valence-corrected chi connectivity index (χ1v) is 9.35. The molecule has 3 aromatic rings. The van der Waals surface area contributed by atoms with E-state index in [9.17, 15) is 4.79 Å². The zero-order valence-corrected chi connectivity index (χ0v) is 15.9. The van der Waals surface area contributed by atoms with E-state index in [-0.39, 0.29) is 5.91 Å². The van der Waals surface area contributed by atoms with Gasteiger partial charge < -0.3 is 4.57 Å². The van der Waals surface area contributed by atoms with E-state index >= 15 is 0 Å². The number of nitriles is 1. The van der Waals surface area contributed by atoms with Gasteiger partial charge in [-0.3, -0.25) is 10.1 Å². The van der Waals surface area contributed by atoms with Gasteiger partial charge in [0.2, 0.25) is 0 Å². The summed E-state index contributed by atoms with van der Waals surface area (Å²) in [6, 6.07) is 10.8. The fourth-order valence-electron chi connectivity index (χ4n) is 2.98. The quantitative estimate of drug-likeness (QED) is 0.709. The van der Waals surface area contributed by atoms with Gasteiger partial charge in [0.25, 0.3) is 5.91 Å². The molecule has 0 aliphatic rings. The van der Waals surface area contributed by atoms with Gasteiger partial charge in [0, 0.05) is 34.4 Å². The molecule has 0 fully saturated rings. The fraction of sp³-hybridized carbons (Fsp3) is 0.250. The van der Waals surface area contributed by atoms with Crippen molar-refractivity contribution < 1.29 is 4.79 Å². The lowest BCUT2D eigenvalue weighted by Gasteiger charge is -2.07. The molecule has 1 amide bonds. The van der Waals surface area contributed by atoms with E-state index < -0.39 is 0 Å². The Hall–Kier alpha value is -2.91. The highest BCUT2D eigenvalue weighted by Gasteiger charge is 2.15. The zero-order chi connectivity index (χ0) is 18.7. The van der Waals surface area contributed by atoms with Crippen molar-refractivity contribution in [1.82, 2.24) is 9.55 Å². The number of hydrogen-bond acceptors (Lipinski definition) is 4. The minimum Gasteiger partial charge on any atom is -0.348 e. The molecule has 26 heavy (non-hydrogen) atoms. The number of aryl methyl sites for hydroxylation is 1. The maximum atomic E-state index is 12.4. The van der Waals surface area contributed by atoms with Gasteiger partial charge in [0.1, 0.15) is 0 Å². The molecule has 0 atom stereocenters. The monoisotopic (exact) mass is 364 g/mol. The van der Waals surface area contributed by atoms with Crippen LogP contribution in [0.15, 0.2) is 35.7 Å². The number of carbonyl (C=O) groups excluding carboxylic acids is 1. The predicted octanol–water partition coefficient (Wildman–Crippen LogP) is 4.76. The molecule has 132 valence electrons. The molecule has 1 N–H and O–H groups in total. The van der Waals surface area contributed by atoms with Crippen LogP contribution in [0.4, 0.5) is 5.13 Å². The second-order valence-corrected chi connectivity index (χ2v) is 6.98. The van der Waals surface area contributed by atoms with Crippen molar-refractivity contribution in [2.75, 3.05) is 5.32 Å². The van der Waals surface area contributed by atoms with Crippen LogP contribution in [0, 0.1) is 25.2 Å². The van der Waals surface area contributed by atoms with Crippen molar-refractivity contribution >= 4 is 22.4 Å². The van der Waals surface area contributed by atoms with Crippen LogP contribution >= 0.6 is 11.3 Å². The SMILES string of the molecule is CCCn1c(C)cc(-c2csc(NC(=O)c3cccc(C#N)c3)n2)c1C. The van der Waals surface area contributed by atoms with Crippen LogP contribution in [0.5, 0.6) is 0 Å². The summed E-state index contributed by atoms with van der Waals surface area (Å²) in [5, 5.41) is 14.3. The van der Waals surface area contributed by atoms with E-state index in [1.807, 2.05) is 11.4 Å². The van der Waals surface area contributed by atoms with Crippen molar-refractivity contribution in [2.24, 2.45) is 0 Å². The van der Waals surface area contributed by atoms with E-state index in [2.05, 4.69) is 41.7 Å². The number of rotatable bonds is 5. The van der Waals surface area contributed by atoms with E-state index in [1.54, 1.807) is 24.3 Å². The first kappa shape index (κ1) is 17.9. The number of benzene rings is 1. The van der Waals surface area contributed by atoms with Crippen molar-refractivity contribution in [3.05, 3.63) is 58.2 Å². The fourth-order valence-corrected chi connectivity index (χ4v) is 3.69. The summed E-state index contributed by atoms with van der Waals surface area (Å²) in [5.41, 5.74) is 5.27. The highest BCUT2D eigenvalue weighted by atomic mass is 32.1. The summed E-state index contributed by atoms with van der Waals surface area (Å²) >= 11 is 1.40. The molecule has 0 radical (unpaired) electrons. The number of carbonyl (C=O) groups is 1. The van der Waals surface area contributed by atoms with E-state index in [1.165, 1.54) is 22.7 Å². The Morgan fingerprint density at radius 2 is 2.15 bits per heavy atom. The van der Waals surface area contributed by atoms with Crippen molar-refractivity contribution in [1.29, 1.82) is 5.26 Å². The molecule has 1 aromatic carbocycles. The van der Waals surface area contributed by atoms with Gasteiger partial charge in [-0.05, 0) is 44.5 Å². The minimum absolute atomic E-state index is 0.264. The summed E-state index contributed by atoms with van der Waals surface area (Å²) in [5.74, 6) is -0.264. The normalized spacial score (nSPS) is 10.5. The summed E-state index contributed by atoms with van der Waals surface area (Å²) in [6.45, 7) is 7.35. The predicted molar refractivity (Wildman–Crippen MR) is 104 cm³/mol. The second kappa shape index (κ2) is 7.54. The van der Waals surface area contributed by atoms with Crippen LogP contribution < -0.4 is 5.32 Å². The van der Waals surface area contributed by atoms with Crippen LogP contribution in [0.25, 0.3) is 11.3 Å². The standard InChI is InChI=1S/C20H20N4OS/c1-4-8-24-13(2)9-17(14(24)3)18-12-26-20(22-18)23-19(25)16-7-5-6-15(10-16)11-21/h5-7,9-10,12H,4,8H2,1-3H3,(H,22,23,25). The topological polar surface area (TPSA) is 70.7 Å². The third-order valence-electron chi connectivity index (χ3n) is 4.28. The summed E-state index contributed by atoms with van der Waals surface area (Å²) in [4.78, 5) is 17.0. The molecule has 0 spiro atoms. The Morgan fingerprint density at radius 3 is 2.88 bits per heavy atom. The Morgan fingerprint density at radius 1 is 1.35 bits per heavy atom. The molecule has 0 unspecified atom stereocenters. The molecule has 2 heterocycles. The largest absolute Gasteiger partial charge is 0.348 e. The van der Waals surface area contributed by atoms with Gasteiger partial charge in [0.05, 0.1) is 17.3 Å². The van der Waals surface area contributed by atoms with Crippen molar-refractivity contribution in [2.45, 2.75) is 33.7 Å². The Bertz CT molecular complexity index is 994. The number of nitrogens with zero attached hydrogens (tertiary/aromatic N) is 3. The van der Waals surface area contributed by atoms with Crippen LogP contribution in [0.3, 0.4) is 0 Å². The second-order valence-electron chi connectivity index (χ2n) is 6.12. The number of nitrogens with one attached hydrogen (secondary N) is 1. The van der Waals surface area contributed by atoms with E-state index in [0.29, 0.717) is 16.3 Å². The maximum Gasteiger partial charge on any atom is 0.257 e. The summed E-state index contributed by atoms with van der Waals surface area (Å²) in [6.07, 6.45) is 1.08. The third kappa shape index (κ3) is 3.53. The van der Waals surface area contributed by atoms with Crippen LogP contribution in [0.1, 0.15) is 40.7 Å². The number of aromatic nitrogens is 2. The number of anilines is 1. The minimum atomic E-state index is -0.264. The van der Waals surface area contributed by atoms with Gasteiger partial charge in [-0.1, -0.05) is 13.0 Å². The molecule has 0 saturated heterocycles. The molecule has 2 aromatic heterocycles. The Balaban J connectivity index is 1.81. The molecule has 5 nitrogen and oxygen atoms in total. The lowest BCUT2D eigenvalue weighted by molar-refractivity contribution is 0.102. The first-order valence-electron chi connectivity index (χ1n) is 8.47. The molecular formula is C20H20N4OS. The highest BCUT2D eigenvalue weighted by Crippen LogP contribution is 2.30. The average Bonchev–Trinajstić information content (AvgIpc) is 3.21. The Labute approximate surface area is 156 Å². The van der Waals surface area contributed by atoms with Gasteiger partial charge in [-0.2, -0.15) is 5.26 Å². The molecule has 3 rings (SSSR count). The Kier molecular flexibility index (Phi) is 5.19. The summed E-state index contributed by atoms with van der Waals surface area (Å²) < 4.78 is 2.29. The van der Waals surface area contributed by atoms with Gasteiger partial charge in [-0.25, -0.2) is 4.98 Å². The van der Waals surface area contributed by atoms with Crippen LogP contribution in [0.2, 0.25) is 0 Å². The van der Waals surface area contributed by atoms with Gasteiger partial charge in [0.15, 0.2) is 5.13 Å². The molecule has 0 aliphatic heterocycles. The number of hydrogen-bond donors (Lipinski definition) is 1. The molecule has 0 aliphatic carbocycles. The van der Waals surface area contributed by atoms with Gasteiger partial charge >= 0.3 is 0 Å². The molecule has 0 bridgehead atoms. The summed E-state index contributed by atoms with van der Waals surface area (Å²) in [7, 11) is 0. The average molecular weight is 364 g/mol. The molecule has 0 saturated carbocycles. The van der Waals surface area contributed by atoms with E-state index in [0.717, 1.165) is 24.2 Å². The highest BCUT2D eigenvalue weighted by molar-refractivity contribution is 7.14. The number of amides is 1. The maximum absolute atomic E-state index is 12.4. The lowest BCUT2D eigenvalue weighted by Crippen LogP contribution is -2.11. The molecular weight excluding hydrogens is 344 g/mol. The van der Waals surface area contributed by atoms with Crippen molar-refractivity contribution in [3.63, 3.8) is 0 Å². The third-order valence-corrected chi connectivity index (χ3v) is 5.03. The lowest BCUT2D eigenvalue weighted by atomic mass is 10.1. The smallest absolute Gasteiger partial charge is 0.257 e.